The largest absolute Gasteiger partial charge is 0.337 e. The van der Waals surface area contributed by atoms with E-state index < -0.39 is 16.1 Å². The number of hydrogen-bond donors (Lipinski definition) is 1. The summed E-state index contributed by atoms with van der Waals surface area (Å²) in [6, 6.07) is 18.6. The van der Waals surface area contributed by atoms with E-state index in [0.717, 1.165) is 35.1 Å². The number of sulfonamides is 1. The van der Waals surface area contributed by atoms with E-state index in [1.807, 2.05) is 55.9 Å². The molecule has 41 heavy (non-hydrogen) atoms. The van der Waals surface area contributed by atoms with E-state index in [1.165, 1.54) is 12.1 Å². The Morgan fingerprint density at radius 1 is 1.15 bits per heavy atom. The zero-order valence-electron chi connectivity index (χ0n) is 23.5. The number of halogens is 1. The van der Waals surface area contributed by atoms with Crippen molar-refractivity contribution in [2.75, 3.05) is 4.90 Å². The van der Waals surface area contributed by atoms with Gasteiger partial charge in [0.25, 0.3) is 0 Å². The van der Waals surface area contributed by atoms with E-state index in [0.29, 0.717) is 17.9 Å². The fraction of sp³-hybridized carbons (Fsp3) is 0.312. The predicted octanol–water partition coefficient (Wildman–Crippen LogP) is 5.95. The quantitative estimate of drug-likeness (QED) is 0.268. The molecule has 2 atom stereocenters. The minimum Gasteiger partial charge on any atom is -0.337 e. The highest BCUT2D eigenvalue weighted by Gasteiger charge is 2.28. The smallest absolute Gasteiger partial charge is 0.241 e. The molecule has 4 aromatic rings. The highest BCUT2D eigenvalue weighted by molar-refractivity contribution is 7.89. The number of benzene rings is 3. The number of hydrogen-bond acceptors (Lipinski definition) is 4. The van der Waals surface area contributed by atoms with Crippen LogP contribution in [0.2, 0.25) is 0 Å². The maximum absolute atomic E-state index is 13.9. The fourth-order valence-electron chi connectivity index (χ4n) is 5.37. The van der Waals surface area contributed by atoms with Crippen LogP contribution >= 0.6 is 0 Å². The summed E-state index contributed by atoms with van der Waals surface area (Å²) in [6.45, 7) is 4.07. The summed E-state index contributed by atoms with van der Waals surface area (Å²) in [7, 11) is -1.86. The second kappa shape index (κ2) is 12.0. The lowest BCUT2D eigenvalue weighted by molar-refractivity contribution is -0.119. The third-order valence-corrected chi connectivity index (χ3v) is 9.29. The molecule has 0 bridgehead atoms. The van der Waals surface area contributed by atoms with Crippen LogP contribution in [0.3, 0.4) is 0 Å². The van der Waals surface area contributed by atoms with Crippen LogP contribution in [0, 0.1) is 12.7 Å². The SMILES string of the molecule is Cc1ccc(S(=O)(=O)N[C@H]2CCCc3ccc(N(Cc4nccn4C)C(=O)C[C@H](C)c4cccc(F)c4)cc32)cc1. The Morgan fingerprint density at radius 2 is 1.93 bits per heavy atom. The molecule has 0 unspecified atom stereocenters. The fourth-order valence-corrected chi connectivity index (χ4v) is 6.62. The normalized spacial score (nSPS) is 15.8. The zero-order valence-corrected chi connectivity index (χ0v) is 24.4. The molecule has 7 nitrogen and oxygen atoms in total. The highest BCUT2D eigenvalue weighted by atomic mass is 32.2. The average molecular weight is 575 g/mol. The Morgan fingerprint density at radius 3 is 2.63 bits per heavy atom. The molecule has 1 aliphatic rings. The number of carbonyl (C=O) groups is 1. The van der Waals surface area contributed by atoms with Crippen molar-refractivity contribution in [1.29, 1.82) is 0 Å². The molecule has 214 valence electrons. The lowest BCUT2D eigenvalue weighted by atomic mass is 9.87. The Balaban J connectivity index is 1.46. The molecule has 1 N–H and O–H groups in total. The minimum absolute atomic E-state index is 0.127. The van der Waals surface area contributed by atoms with Gasteiger partial charge in [0.05, 0.1) is 11.4 Å². The van der Waals surface area contributed by atoms with Gasteiger partial charge in [-0.05, 0) is 85.2 Å². The van der Waals surface area contributed by atoms with Crippen molar-refractivity contribution >= 4 is 21.6 Å². The zero-order chi connectivity index (χ0) is 29.1. The van der Waals surface area contributed by atoms with E-state index in [-0.39, 0.29) is 35.5 Å². The van der Waals surface area contributed by atoms with Crippen LogP contribution in [-0.2, 0) is 34.8 Å². The Hall–Kier alpha value is -3.82. The van der Waals surface area contributed by atoms with Crippen molar-refractivity contribution in [3.63, 3.8) is 0 Å². The van der Waals surface area contributed by atoms with Crippen LogP contribution in [0.25, 0.3) is 0 Å². The summed E-state index contributed by atoms with van der Waals surface area (Å²) in [5.41, 5.74) is 4.35. The van der Waals surface area contributed by atoms with Gasteiger partial charge in [-0.15, -0.1) is 0 Å². The molecule has 0 radical (unpaired) electrons. The summed E-state index contributed by atoms with van der Waals surface area (Å²) >= 11 is 0. The van der Waals surface area contributed by atoms with E-state index in [2.05, 4.69) is 9.71 Å². The summed E-state index contributed by atoms with van der Waals surface area (Å²) in [4.78, 5) is 20.2. The molecule has 5 rings (SSSR count). The maximum Gasteiger partial charge on any atom is 0.241 e. The van der Waals surface area contributed by atoms with Crippen LogP contribution in [-0.4, -0.2) is 23.9 Å². The predicted molar refractivity (Wildman–Crippen MR) is 157 cm³/mol. The van der Waals surface area contributed by atoms with Crippen molar-refractivity contribution in [2.45, 2.75) is 62.9 Å². The minimum atomic E-state index is -3.74. The van der Waals surface area contributed by atoms with Gasteiger partial charge in [-0.2, -0.15) is 0 Å². The molecule has 1 aliphatic carbocycles. The second-order valence-electron chi connectivity index (χ2n) is 10.9. The van der Waals surface area contributed by atoms with Crippen LogP contribution in [0.5, 0.6) is 0 Å². The molecule has 0 spiro atoms. The molecule has 3 aromatic carbocycles. The number of rotatable bonds is 9. The first-order valence-corrected chi connectivity index (χ1v) is 15.3. The number of nitrogens with one attached hydrogen (secondary N) is 1. The third-order valence-electron chi connectivity index (χ3n) is 7.80. The van der Waals surface area contributed by atoms with Crippen LogP contribution in [0.1, 0.15) is 66.2 Å². The highest BCUT2D eigenvalue weighted by Crippen LogP contribution is 2.35. The third kappa shape index (κ3) is 6.57. The molecular weight excluding hydrogens is 539 g/mol. The molecule has 1 amide bonds. The van der Waals surface area contributed by atoms with E-state index in [1.54, 1.807) is 41.4 Å². The Bertz CT molecular complexity index is 1650. The van der Waals surface area contributed by atoms with Crippen molar-refractivity contribution in [3.05, 3.63) is 113 Å². The van der Waals surface area contributed by atoms with Crippen LogP contribution in [0.15, 0.2) is 84.0 Å². The summed E-state index contributed by atoms with van der Waals surface area (Å²) in [5, 5.41) is 0. The van der Waals surface area contributed by atoms with Gasteiger partial charge in [0.2, 0.25) is 15.9 Å². The summed E-state index contributed by atoms with van der Waals surface area (Å²) < 4.78 is 45.2. The van der Waals surface area contributed by atoms with Gasteiger partial charge in [-0.25, -0.2) is 22.5 Å². The van der Waals surface area contributed by atoms with Gasteiger partial charge in [0, 0.05) is 37.6 Å². The first-order valence-electron chi connectivity index (χ1n) is 13.8. The molecular formula is C32H35FN4O3S. The van der Waals surface area contributed by atoms with Gasteiger partial charge < -0.3 is 9.47 Å². The number of aryl methyl sites for hydroxylation is 3. The molecule has 9 heteroatoms. The number of carbonyl (C=O) groups excluding carboxylic acids is 1. The first-order chi connectivity index (χ1) is 19.6. The van der Waals surface area contributed by atoms with Gasteiger partial charge in [-0.1, -0.05) is 42.8 Å². The van der Waals surface area contributed by atoms with Gasteiger partial charge in [0.15, 0.2) is 0 Å². The van der Waals surface area contributed by atoms with Crippen molar-refractivity contribution < 1.29 is 17.6 Å². The Labute approximate surface area is 241 Å². The average Bonchev–Trinajstić information content (AvgIpc) is 3.35. The monoisotopic (exact) mass is 574 g/mol. The van der Waals surface area contributed by atoms with Crippen molar-refractivity contribution in [1.82, 2.24) is 14.3 Å². The standard InChI is InChI=1S/C32H35FN4O3S/c1-22-10-14-28(15-11-22)41(39,40)35-30-9-5-6-24-12-13-27(20-29(24)30)37(21-31-34-16-17-36(31)3)32(38)18-23(2)25-7-4-8-26(33)19-25/h4,7-8,10-17,19-20,23,30,35H,5-6,9,18,21H2,1-3H3/t23-,30-/m0/s1. The van der Waals surface area contributed by atoms with Crippen molar-refractivity contribution in [2.24, 2.45) is 7.05 Å². The lowest BCUT2D eigenvalue weighted by Gasteiger charge is -2.30. The molecule has 0 saturated heterocycles. The van der Waals surface area contributed by atoms with E-state index in [4.69, 9.17) is 0 Å². The summed E-state index contributed by atoms with van der Waals surface area (Å²) in [5.74, 6) is 0.0534. The summed E-state index contributed by atoms with van der Waals surface area (Å²) in [6.07, 6.45) is 6.04. The van der Waals surface area contributed by atoms with E-state index in [9.17, 15) is 17.6 Å². The Kier molecular flexibility index (Phi) is 8.37. The number of imidazole rings is 1. The molecule has 1 aromatic heterocycles. The topological polar surface area (TPSA) is 84.3 Å². The van der Waals surface area contributed by atoms with Crippen molar-refractivity contribution in [3.8, 4) is 0 Å². The van der Waals surface area contributed by atoms with Gasteiger partial charge >= 0.3 is 0 Å². The molecule has 0 fully saturated rings. The van der Waals surface area contributed by atoms with Gasteiger partial charge in [-0.3, -0.25) is 4.79 Å². The number of anilines is 1. The second-order valence-corrected chi connectivity index (χ2v) is 12.6. The number of fused-ring (bicyclic) bond motifs is 1. The van der Waals surface area contributed by atoms with E-state index >= 15 is 0 Å². The molecule has 0 saturated carbocycles. The molecule has 0 aliphatic heterocycles. The van der Waals surface area contributed by atoms with Crippen LogP contribution in [0.4, 0.5) is 10.1 Å². The van der Waals surface area contributed by atoms with Crippen LogP contribution < -0.4 is 9.62 Å². The van der Waals surface area contributed by atoms with Gasteiger partial charge in [0.1, 0.15) is 11.6 Å². The maximum atomic E-state index is 13.9. The first kappa shape index (κ1) is 28.7. The number of nitrogens with zero attached hydrogens (tertiary/aromatic N) is 3. The lowest BCUT2D eigenvalue weighted by Crippen LogP contribution is -2.34. The number of amides is 1. The molecule has 1 heterocycles. The number of aromatic nitrogens is 2.